The van der Waals surface area contributed by atoms with Gasteiger partial charge in [-0.25, -0.2) is 4.98 Å². The third-order valence-corrected chi connectivity index (χ3v) is 3.85. The Kier molecular flexibility index (Phi) is 3.16. The van der Waals surface area contributed by atoms with Gasteiger partial charge in [-0.05, 0) is 32.1 Å². The third-order valence-electron chi connectivity index (χ3n) is 3.85. The Balaban J connectivity index is 1.74. The van der Waals surface area contributed by atoms with Crippen molar-refractivity contribution in [2.45, 2.75) is 57.3 Å². The molecule has 0 saturated carbocycles. The Morgan fingerprint density at radius 3 is 3.12 bits per heavy atom. The molecule has 1 saturated heterocycles. The van der Waals surface area contributed by atoms with Gasteiger partial charge >= 0.3 is 0 Å². The molecule has 4 heteroatoms. The summed E-state index contributed by atoms with van der Waals surface area (Å²) in [7, 11) is 0. The van der Waals surface area contributed by atoms with Crippen molar-refractivity contribution in [2.75, 3.05) is 6.61 Å². The first-order valence-electron chi connectivity index (χ1n) is 6.68. The van der Waals surface area contributed by atoms with E-state index in [-0.39, 0.29) is 6.10 Å². The molecule has 1 aromatic heterocycles. The van der Waals surface area contributed by atoms with Gasteiger partial charge in [0.05, 0.1) is 24.1 Å². The molecule has 0 aromatic carbocycles. The van der Waals surface area contributed by atoms with Gasteiger partial charge in [0.15, 0.2) is 0 Å². The van der Waals surface area contributed by atoms with Gasteiger partial charge in [0.25, 0.3) is 0 Å². The van der Waals surface area contributed by atoms with E-state index >= 15 is 0 Å². The van der Waals surface area contributed by atoms with Gasteiger partial charge in [-0.15, -0.1) is 0 Å². The number of aliphatic hydroxyl groups is 1. The smallest absolute Gasteiger partial charge is 0.111 e. The fourth-order valence-electron chi connectivity index (χ4n) is 2.88. The maximum atomic E-state index is 9.89. The lowest BCUT2D eigenvalue weighted by Gasteiger charge is -2.25. The van der Waals surface area contributed by atoms with E-state index in [9.17, 15) is 5.11 Å². The quantitative estimate of drug-likeness (QED) is 0.852. The first-order valence-corrected chi connectivity index (χ1v) is 6.68. The van der Waals surface area contributed by atoms with E-state index in [0.29, 0.717) is 6.10 Å². The van der Waals surface area contributed by atoms with Gasteiger partial charge in [0.1, 0.15) is 5.82 Å². The fourth-order valence-corrected chi connectivity index (χ4v) is 2.88. The Morgan fingerprint density at radius 2 is 2.29 bits per heavy atom. The number of hydrogen-bond donors (Lipinski definition) is 1. The molecule has 0 bridgehead atoms. The number of fused-ring (bicyclic) bond motifs is 1. The van der Waals surface area contributed by atoms with E-state index in [2.05, 4.69) is 9.55 Å². The maximum absolute atomic E-state index is 9.89. The van der Waals surface area contributed by atoms with Gasteiger partial charge in [-0.2, -0.15) is 0 Å². The predicted octanol–water partition coefficient (Wildman–Crippen LogP) is 1.82. The van der Waals surface area contributed by atoms with Crippen LogP contribution < -0.4 is 0 Å². The molecule has 1 fully saturated rings. The highest BCUT2D eigenvalue weighted by Crippen LogP contribution is 2.27. The molecule has 3 heterocycles. The zero-order valence-electron chi connectivity index (χ0n) is 10.1. The summed E-state index contributed by atoms with van der Waals surface area (Å²) in [5.41, 5.74) is 0.988. The number of imidazole rings is 1. The summed E-state index contributed by atoms with van der Waals surface area (Å²) in [4.78, 5) is 4.47. The number of ether oxygens (including phenoxy) is 1. The van der Waals surface area contributed by atoms with Crippen molar-refractivity contribution in [3.05, 3.63) is 17.7 Å². The molecule has 0 radical (unpaired) electrons. The molecule has 0 spiro atoms. The third kappa shape index (κ3) is 2.24. The van der Waals surface area contributed by atoms with Crippen LogP contribution in [0.4, 0.5) is 0 Å². The molecule has 2 aliphatic heterocycles. The molecule has 0 aliphatic carbocycles. The minimum absolute atomic E-state index is 0.322. The molecule has 3 rings (SSSR count). The van der Waals surface area contributed by atoms with Gasteiger partial charge in [-0.1, -0.05) is 0 Å². The molecule has 2 unspecified atom stereocenters. The summed E-state index contributed by atoms with van der Waals surface area (Å²) in [6.45, 7) is 1.88. The number of aliphatic hydroxyl groups excluding tert-OH is 1. The molecular formula is C13H20N2O2. The highest BCUT2D eigenvalue weighted by molar-refractivity contribution is 5.11. The lowest BCUT2D eigenvalue weighted by molar-refractivity contribution is 0.0148. The average molecular weight is 236 g/mol. The van der Waals surface area contributed by atoms with Gasteiger partial charge in [0, 0.05) is 19.6 Å². The second kappa shape index (κ2) is 4.78. The molecule has 4 nitrogen and oxygen atoms in total. The van der Waals surface area contributed by atoms with E-state index < -0.39 is 0 Å². The van der Waals surface area contributed by atoms with Crippen LogP contribution in [-0.2, 0) is 17.7 Å². The zero-order valence-corrected chi connectivity index (χ0v) is 10.1. The van der Waals surface area contributed by atoms with Crippen molar-refractivity contribution in [2.24, 2.45) is 0 Å². The Labute approximate surface area is 102 Å². The van der Waals surface area contributed by atoms with Crippen LogP contribution in [0.2, 0.25) is 0 Å². The minimum atomic E-state index is -0.322. The molecule has 2 aliphatic rings. The first-order chi connectivity index (χ1) is 8.34. The normalized spacial score (nSPS) is 29.0. The number of nitrogens with zero attached hydrogens (tertiary/aromatic N) is 2. The molecule has 1 N–H and O–H groups in total. The predicted molar refractivity (Wildman–Crippen MR) is 63.7 cm³/mol. The van der Waals surface area contributed by atoms with Crippen molar-refractivity contribution in [1.29, 1.82) is 0 Å². The van der Waals surface area contributed by atoms with Crippen LogP contribution in [0.25, 0.3) is 0 Å². The standard InChI is InChI=1S/C13H20N2O2/c16-12-5-3-6-15-11(12)9-14-13(15)8-10-4-1-2-7-17-10/h9-10,12,16H,1-8H2. The summed E-state index contributed by atoms with van der Waals surface area (Å²) in [5, 5.41) is 9.89. The van der Waals surface area contributed by atoms with Crippen molar-refractivity contribution < 1.29 is 9.84 Å². The second-order valence-corrected chi connectivity index (χ2v) is 5.10. The van der Waals surface area contributed by atoms with Crippen molar-refractivity contribution in [3.8, 4) is 0 Å². The topological polar surface area (TPSA) is 47.3 Å². The fraction of sp³-hybridized carbons (Fsp3) is 0.769. The van der Waals surface area contributed by atoms with E-state index in [1.807, 2.05) is 6.20 Å². The lowest BCUT2D eigenvalue weighted by atomic mass is 10.0. The van der Waals surface area contributed by atoms with E-state index in [4.69, 9.17) is 4.74 Å². The summed E-state index contributed by atoms with van der Waals surface area (Å²) in [6.07, 6.45) is 8.25. The van der Waals surface area contributed by atoms with E-state index in [1.165, 1.54) is 12.8 Å². The Hall–Kier alpha value is -0.870. The van der Waals surface area contributed by atoms with Crippen LogP contribution in [0, 0.1) is 0 Å². The van der Waals surface area contributed by atoms with Gasteiger partial charge in [-0.3, -0.25) is 0 Å². The van der Waals surface area contributed by atoms with Gasteiger partial charge < -0.3 is 14.4 Å². The summed E-state index contributed by atoms with van der Waals surface area (Å²) in [5.74, 6) is 1.09. The van der Waals surface area contributed by atoms with Gasteiger partial charge in [0.2, 0.25) is 0 Å². The van der Waals surface area contributed by atoms with Crippen molar-refractivity contribution in [3.63, 3.8) is 0 Å². The monoisotopic (exact) mass is 236 g/mol. The Bertz CT molecular complexity index is 383. The molecule has 2 atom stereocenters. The number of aromatic nitrogens is 2. The van der Waals surface area contributed by atoms with Crippen LogP contribution in [0.15, 0.2) is 6.20 Å². The molecular weight excluding hydrogens is 216 g/mol. The molecule has 1 aromatic rings. The number of rotatable bonds is 2. The summed E-state index contributed by atoms with van der Waals surface area (Å²) >= 11 is 0. The number of hydrogen-bond acceptors (Lipinski definition) is 3. The maximum Gasteiger partial charge on any atom is 0.111 e. The zero-order chi connectivity index (χ0) is 11.7. The largest absolute Gasteiger partial charge is 0.387 e. The molecule has 17 heavy (non-hydrogen) atoms. The van der Waals surface area contributed by atoms with Crippen LogP contribution in [-0.4, -0.2) is 27.4 Å². The van der Waals surface area contributed by atoms with Crippen molar-refractivity contribution >= 4 is 0 Å². The SMILES string of the molecule is OC1CCCn2c1cnc2CC1CCCCO1. The van der Waals surface area contributed by atoms with E-state index in [1.54, 1.807) is 0 Å². The van der Waals surface area contributed by atoms with Crippen LogP contribution in [0.3, 0.4) is 0 Å². The minimum Gasteiger partial charge on any atom is -0.387 e. The first kappa shape index (κ1) is 11.2. The Morgan fingerprint density at radius 1 is 1.35 bits per heavy atom. The lowest BCUT2D eigenvalue weighted by Crippen LogP contribution is -2.24. The summed E-state index contributed by atoms with van der Waals surface area (Å²) < 4.78 is 7.94. The van der Waals surface area contributed by atoms with Crippen LogP contribution in [0.5, 0.6) is 0 Å². The molecule has 94 valence electrons. The highest BCUT2D eigenvalue weighted by atomic mass is 16.5. The van der Waals surface area contributed by atoms with Crippen LogP contribution in [0.1, 0.15) is 49.7 Å². The van der Waals surface area contributed by atoms with Crippen LogP contribution >= 0.6 is 0 Å². The summed E-state index contributed by atoms with van der Waals surface area (Å²) in [6, 6.07) is 0. The second-order valence-electron chi connectivity index (χ2n) is 5.10. The highest BCUT2D eigenvalue weighted by Gasteiger charge is 2.23. The average Bonchev–Trinajstić information content (AvgIpc) is 2.76. The van der Waals surface area contributed by atoms with Crippen molar-refractivity contribution in [1.82, 2.24) is 9.55 Å². The van der Waals surface area contributed by atoms with E-state index in [0.717, 1.165) is 50.4 Å². The molecule has 0 amide bonds.